The summed E-state index contributed by atoms with van der Waals surface area (Å²) in [5.74, 6) is 1.76. The average Bonchev–Trinajstić information content (AvgIpc) is 2.83. The molecule has 0 aromatic rings. The van der Waals surface area contributed by atoms with E-state index >= 15 is 0 Å². The third-order valence-corrected chi connectivity index (χ3v) is 7.40. The Morgan fingerprint density at radius 3 is 1.71 bits per heavy atom. The van der Waals surface area contributed by atoms with Crippen LogP contribution >= 0.6 is 0 Å². The second kappa shape index (κ2) is 6.91. The number of rotatable bonds is 6. The maximum Gasteiger partial charge on any atom is 0.0125 e. The summed E-state index contributed by atoms with van der Waals surface area (Å²) in [7, 11) is 0. The topological polar surface area (TPSA) is 6.48 Å². The van der Waals surface area contributed by atoms with Crippen LogP contribution in [0.25, 0.3) is 0 Å². The van der Waals surface area contributed by atoms with Crippen molar-refractivity contribution in [3.63, 3.8) is 0 Å². The van der Waals surface area contributed by atoms with Crippen LogP contribution in [0.15, 0.2) is 0 Å². The molecule has 142 valence electrons. The number of hydrogen-bond acceptors (Lipinski definition) is 2. The number of likely N-dealkylation sites (tertiary alicyclic amines) is 2. The van der Waals surface area contributed by atoms with Crippen LogP contribution in [0.5, 0.6) is 0 Å². The maximum absolute atomic E-state index is 2.67. The van der Waals surface area contributed by atoms with Gasteiger partial charge in [-0.2, -0.15) is 0 Å². The van der Waals surface area contributed by atoms with E-state index in [4.69, 9.17) is 0 Å². The lowest BCUT2D eigenvalue weighted by molar-refractivity contribution is -0.0479. The summed E-state index contributed by atoms with van der Waals surface area (Å²) in [6.45, 7) is 27.0. The molecule has 0 aromatic carbocycles. The zero-order chi connectivity index (χ0) is 18.3. The van der Waals surface area contributed by atoms with Gasteiger partial charge >= 0.3 is 0 Å². The third-order valence-electron chi connectivity index (χ3n) is 7.40. The van der Waals surface area contributed by atoms with Gasteiger partial charge in [-0.25, -0.2) is 0 Å². The van der Waals surface area contributed by atoms with E-state index in [0.29, 0.717) is 22.4 Å². The van der Waals surface area contributed by atoms with Crippen LogP contribution in [0.4, 0.5) is 0 Å². The predicted molar refractivity (Wildman–Crippen MR) is 106 cm³/mol. The van der Waals surface area contributed by atoms with Crippen LogP contribution in [-0.2, 0) is 0 Å². The molecule has 2 aliphatic heterocycles. The van der Waals surface area contributed by atoms with E-state index in [9.17, 15) is 0 Å². The van der Waals surface area contributed by atoms with Crippen molar-refractivity contribution in [3.8, 4) is 0 Å². The highest BCUT2D eigenvalue weighted by atomic mass is 15.2. The van der Waals surface area contributed by atoms with Crippen molar-refractivity contribution in [3.05, 3.63) is 0 Å². The summed E-state index contributed by atoms with van der Waals surface area (Å²) in [6.07, 6.45) is 4.15. The molecule has 2 saturated heterocycles. The van der Waals surface area contributed by atoms with Gasteiger partial charge in [0, 0.05) is 31.2 Å². The average molecular weight is 337 g/mol. The highest BCUT2D eigenvalue weighted by Gasteiger charge is 2.44. The summed E-state index contributed by atoms with van der Waals surface area (Å²) in [4.78, 5) is 5.31. The van der Waals surface area contributed by atoms with Gasteiger partial charge in [0.25, 0.3) is 0 Å². The first-order valence-corrected chi connectivity index (χ1v) is 10.3. The quantitative estimate of drug-likeness (QED) is 0.651. The molecule has 1 atom stereocenters. The van der Waals surface area contributed by atoms with Crippen molar-refractivity contribution in [1.82, 2.24) is 9.80 Å². The first kappa shape index (κ1) is 20.2. The van der Waals surface area contributed by atoms with Gasteiger partial charge < -0.3 is 4.90 Å². The molecule has 2 rings (SSSR count). The van der Waals surface area contributed by atoms with Gasteiger partial charge in [0.05, 0.1) is 0 Å². The van der Waals surface area contributed by atoms with Crippen LogP contribution in [0.2, 0.25) is 0 Å². The smallest absolute Gasteiger partial charge is 0.0125 e. The molecule has 2 aliphatic rings. The van der Waals surface area contributed by atoms with Gasteiger partial charge in [-0.15, -0.1) is 0 Å². The van der Waals surface area contributed by atoms with E-state index in [1.54, 1.807) is 0 Å². The highest BCUT2D eigenvalue weighted by molar-refractivity contribution is 4.96. The lowest BCUT2D eigenvalue weighted by atomic mass is 9.66. The van der Waals surface area contributed by atoms with E-state index in [1.807, 2.05) is 0 Å². The molecule has 0 aliphatic carbocycles. The Kier molecular flexibility index (Phi) is 5.83. The van der Waals surface area contributed by atoms with Crippen molar-refractivity contribution in [2.24, 2.45) is 22.7 Å². The molecule has 0 aromatic heterocycles. The van der Waals surface area contributed by atoms with Gasteiger partial charge in [0.1, 0.15) is 0 Å². The van der Waals surface area contributed by atoms with Gasteiger partial charge in [-0.1, -0.05) is 27.7 Å². The Balaban J connectivity index is 1.83. The summed E-state index contributed by atoms with van der Waals surface area (Å²) in [6, 6.07) is 0.709. The predicted octanol–water partition coefficient (Wildman–Crippen LogP) is 5.28. The van der Waals surface area contributed by atoms with Gasteiger partial charge in [0.2, 0.25) is 0 Å². The molecule has 0 radical (unpaired) electrons. The van der Waals surface area contributed by atoms with Crippen molar-refractivity contribution in [2.75, 3.05) is 26.2 Å². The molecule has 2 heterocycles. The molecular formula is C22H44N2. The Morgan fingerprint density at radius 2 is 1.29 bits per heavy atom. The Hall–Kier alpha value is -0.0800. The summed E-state index contributed by atoms with van der Waals surface area (Å²) >= 11 is 0. The van der Waals surface area contributed by atoms with E-state index in [2.05, 4.69) is 72.1 Å². The fourth-order valence-electron chi connectivity index (χ4n) is 4.47. The Bertz CT molecular complexity index is 410. The lowest BCUT2D eigenvalue weighted by Crippen LogP contribution is -2.59. The monoisotopic (exact) mass is 336 g/mol. The maximum atomic E-state index is 2.67. The third kappa shape index (κ3) is 4.55. The molecule has 2 heteroatoms. The molecule has 0 saturated carbocycles. The van der Waals surface area contributed by atoms with E-state index < -0.39 is 0 Å². The van der Waals surface area contributed by atoms with Gasteiger partial charge in [0.15, 0.2) is 0 Å². The largest absolute Gasteiger partial charge is 0.301 e. The Labute approximate surface area is 152 Å². The zero-order valence-corrected chi connectivity index (χ0v) is 18.1. The first-order valence-electron chi connectivity index (χ1n) is 10.3. The lowest BCUT2D eigenvalue weighted by Gasteiger charge is -2.54. The van der Waals surface area contributed by atoms with Crippen LogP contribution in [0.3, 0.4) is 0 Å². The second-order valence-corrected chi connectivity index (χ2v) is 11.3. The fraction of sp³-hybridized carbons (Fsp3) is 1.00. The summed E-state index contributed by atoms with van der Waals surface area (Å²) in [5, 5.41) is 0. The van der Waals surface area contributed by atoms with Crippen molar-refractivity contribution < 1.29 is 0 Å². The molecule has 0 spiro atoms. The standard InChI is InChI=1S/C22H44N2/c1-17(2)23-13-10-18(14-23)21(6,7)11-12-22(8,9)19-15-24(16-19)20(3,4)5/h17-19H,10-16H2,1-9H3. The highest BCUT2D eigenvalue weighted by Crippen LogP contribution is 2.45. The van der Waals surface area contributed by atoms with Crippen molar-refractivity contribution in [1.29, 1.82) is 0 Å². The summed E-state index contributed by atoms with van der Waals surface area (Å²) < 4.78 is 0. The SMILES string of the molecule is CC(C)N1CCC(C(C)(C)CCC(C)(C)C2CN(C(C)(C)C)C2)C1. The first-order chi connectivity index (χ1) is 10.8. The summed E-state index contributed by atoms with van der Waals surface area (Å²) in [5.41, 5.74) is 1.31. The molecule has 24 heavy (non-hydrogen) atoms. The Morgan fingerprint density at radius 1 is 0.792 bits per heavy atom. The van der Waals surface area contributed by atoms with Crippen molar-refractivity contribution in [2.45, 2.75) is 93.2 Å². The number of nitrogens with zero attached hydrogens (tertiary/aromatic N) is 2. The molecule has 0 bridgehead atoms. The minimum atomic E-state index is 0.343. The second-order valence-electron chi connectivity index (χ2n) is 11.3. The van der Waals surface area contributed by atoms with E-state index in [1.165, 1.54) is 45.4 Å². The molecule has 0 amide bonds. The van der Waals surface area contributed by atoms with Crippen LogP contribution in [0.1, 0.15) is 81.6 Å². The van der Waals surface area contributed by atoms with Crippen molar-refractivity contribution >= 4 is 0 Å². The molecule has 0 N–H and O–H groups in total. The fourth-order valence-corrected chi connectivity index (χ4v) is 4.47. The van der Waals surface area contributed by atoms with Crippen LogP contribution in [0, 0.1) is 22.7 Å². The van der Waals surface area contributed by atoms with Crippen LogP contribution in [-0.4, -0.2) is 47.6 Å². The van der Waals surface area contributed by atoms with Crippen LogP contribution < -0.4 is 0 Å². The van der Waals surface area contributed by atoms with Gasteiger partial charge in [-0.3, -0.25) is 4.90 Å². The minimum Gasteiger partial charge on any atom is -0.301 e. The number of hydrogen-bond donors (Lipinski definition) is 0. The molecular weight excluding hydrogens is 292 g/mol. The zero-order valence-electron chi connectivity index (χ0n) is 18.1. The minimum absolute atomic E-state index is 0.343. The molecule has 2 nitrogen and oxygen atoms in total. The van der Waals surface area contributed by atoms with E-state index in [0.717, 1.165) is 11.8 Å². The normalized spacial score (nSPS) is 25.5. The molecule has 1 unspecified atom stereocenters. The van der Waals surface area contributed by atoms with Gasteiger partial charge in [-0.05, 0) is 83.1 Å². The van der Waals surface area contributed by atoms with E-state index in [-0.39, 0.29) is 0 Å². The molecule has 2 fully saturated rings.